The minimum absolute atomic E-state index is 0.138. The van der Waals surface area contributed by atoms with Crippen LogP contribution in [0.5, 0.6) is 0 Å². The Morgan fingerprint density at radius 2 is 2.10 bits per heavy atom. The van der Waals surface area contributed by atoms with Crippen LogP contribution in [0.1, 0.15) is 38.4 Å². The molecule has 1 unspecified atom stereocenters. The summed E-state index contributed by atoms with van der Waals surface area (Å²) in [6.45, 7) is 5.43. The molecule has 152 valence electrons. The summed E-state index contributed by atoms with van der Waals surface area (Å²) >= 11 is 0. The molecule has 1 aliphatic carbocycles. The van der Waals surface area contributed by atoms with Crippen molar-refractivity contribution < 1.29 is 13.9 Å². The van der Waals surface area contributed by atoms with Crippen LogP contribution in [0, 0.1) is 5.82 Å². The number of carbonyl (C=O) groups excluding carboxylic acids is 1. The lowest BCUT2D eigenvalue weighted by atomic mass is 9.92. The van der Waals surface area contributed by atoms with Crippen LogP contribution in [0.25, 0.3) is 16.9 Å². The van der Waals surface area contributed by atoms with Gasteiger partial charge in [0.2, 0.25) is 0 Å². The third kappa shape index (κ3) is 3.87. The van der Waals surface area contributed by atoms with E-state index in [-0.39, 0.29) is 11.7 Å². The zero-order valence-corrected chi connectivity index (χ0v) is 16.6. The number of benzene rings is 1. The summed E-state index contributed by atoms with van der Waals surface area (Å²) in [4.78, 5) is 32.1. The molecule has 3 aromatic rings. The fourth-order valence-electron chi connectivity index (χ4n) is 3.64. The van der Waals surface area contributed by atoms with Crippen molar-refractivity contribution >= 4 is 11.7 Å². The van der Waals surface area contributed by atoms with E-state index in [0.717, 1.165) is 11.3 Å². The number of nitrogens with one attached hydrogen (secondary N) is 2. The van der Waals surface area contributed by atoms with Gasteiger partial charge in [0.25, 0.3) is 0 Å². The second-order valence-corrected chi connectivity index (χ2v) is 8.27. The molecule has 0 saturated heterocycles. The van der Waals surface area contributed by atoms with Crippen molar-refractivity contribution in [3.8, 4) is 11.3 Å². The number of hydrogen-bond acceptors (Lipinski definition) is 4. The average Bonchev–Trinajstić information content (AvgIpc) is 3.07. The SMILES string of the molecule is CC(C)(C)OC(=O)NC1CCc2[nH]c(=O)n3cc(-c4ccccc4F)nc3c2C1. The van der Waals surface area contributed by atoms with Gasteiger partial charge in [0.15, 0.2) is 0 Å². The van der Waals surface area contributed by atoms with Crippen molar-refractivity contribution in [1.82, 2.24) is 19.7 Å². The van der Waals surface area contributed by atoms with E-state index in [1.54, 1.807) is 18.2 Å². The first-order chi connectivity index (χ1) is 13.7. The highest BCUT2D eigenvalue weighted by atomic mass is 19.1. The molecule has 2 heterocycles. The lowest BCUT2D eigenvalue weighted by Gasteiger charge is -2.27. The highest BCUT2D eigenvalue weighted by molar-refractivity contribution is 5.69. The molecule has 0 saturated carbocycles. The predicted molar refractivity (Wildman–Crippen MR) is 106 cm³/mol. The minimum Gasteiger partial charge on any atom is -0.444 e. The van der Waals surface area contributed by atoms with Crippen molar-refractivity contribution in [3.63, 3.8) is 0 Å². The largest absolute Gasteiger partial charge is 0.444 e. The molecule has 0 aliphatic heterocycles. The van der Waals surface area contributed by atoms with Gasteiger partial charge in [-0.3, -0.25) is 4.40 Å². The number of aromatic nitrogens is 3. The standard InChI is InChI=1S/C21H23FN4O3/c1-21(2,3)29-20(28)23-12-8-9-16-14(10-12)18-24-17(11-26(18)19(27)25-16)13-6-4-5-7-15(13)22/h4-7,11-12H,8-10H2,1-3H3,(H,23,28)(H,25,27). The van der Waals surface area contributed by atoms with Gasteiger partial charge in [0.1, 0.15) is 17.1 Å². The van der Waals surface area contributed by atoms with Gasteiger partial charge in [-0.2, -0.15) is 0 Å². The molecule has 1 amide bonds. The average molecular weight is 398 g/mol. The summed E-state index contributed by atoms with van der Waals surface area (Å²) in [6, 6.07) is 6.18. The zero-order valence-electron chi connectivity index (χ0n) is 16.6. The van der Waals surface area contributed by atoms with Crippen molar-refractivity contribution in [2.24, 2.45) is 0 Å². The lowest BCUT2D eigenvalue weighted by Crippen LogP contribution is -2.42. The van der Waals surface area contributed by atoms with Crippen molar-refractivity contribution in [1.29, 1.82) is 0 Å². The van der Waals surface area contributed by atoms with E-state index in [2.05, 4.69) is 15.3 Å². The number of fused-ring (bicyclic) bond motifs is 3. The summed E-state index contributed by atoms with van der Waals surface area (Å²) in [6.07, 6.45) is 2.85. The van der Waals surface area contributed by atoms with E-state index in [4.69, 9.17) is 4.74 Å². The summed E-state index contributed by atoms with van der Waals surface area (Å²) in [5.41, 5.74) is 1.97. The van der Waals surface area contributed by atoms with E-state index in [1.807, 2.05) is 20.8 Å². The number of alkyl carbamates (subject to hydrolysis) is 1. The molecule has 1 aliphatic rings. The molecule has 4 rings (SSSR count). The highest BCUT2D eigenvalue weighted by Gasteiger charge is 2.27. The third-order valence-corrected chi connectivity index (χ3v) is 4.88. The van der Waals surface area contributed by atoms with Crippen molar-refractivity contribution in [2.75, 3.05) is 0 Å². The van der Waals surface area contributed by atoms with Gasteiger partial charge in [-0.15, -0.1) is 0 Å². The first kappa shape index (κ1) is 19.2. The van der Waals surface area contributed by atoms with Crippen LogP contribution in [0.15, 0.2) is 35.3 Å². The summed E-state index contributed by atoms with van der Waals surface area (Å²) in [5.74, 6) is -0.398. The number of nitrogens with zero attached hydrogens (tertiary/aromatic N) is 2. The number of H-pyrrole nitrogens is 1. The molecule has 1 aromatic carbocycles. The second kappa shape index (κ2) is 7.02. The van der Waals surface area contributed by atoms with Crippen LogP contribution in [-0.2, 0) is 17.6 Å². The monoisotopic (exact) mass is 398 g/mol. The van der Waals surface area contributed by atoms with Gasteiger partial charge in [-0.05, 0) is 52.2 Å². The van der Waals surface area contributed by atoms with E-state index >= 15 is 0 Å². The van der Waals surface area contributed by atoms with Crippen LogP contribution < -0.4 is 11.0 Å². The number of ether oxygens (including phenoxy) is 1. The Kier molecular flexibility index (Phi) is 4.64. The fourth-order valence-corrected chi connectivity index (χ4v) is 3.64. The maximum atomic E-state index is 14.2. The molecule has 2 N–H and O–H groups in total. The normalized spacial score (nSPS) is 16.5. The molecule has 2 aromatic heterocycles. The topological polar surface area (TPSA) is 88.5 Å². The molecule has 29 heavy (non-hydrogen) atoms. The highest BCUT2D eigenvalue weighted by Crippen LogP contribution is 2.26. The molecule has 8 heteroatoms. The molecule has 0 radical (unpaired) electrons. The van der Waals surface area contributed by atoms with E-state index < -0.39 is 17.5 Å². The van der Waals surface area contributed by atoms with Gasteiger partial charge >= 0.3 is 11.8 Å². The number of rotatable bonds is 2. The first-order valence-electron chi connectivity index (χ1n) is 9.59. The number of halogens is 1. The van der Waals surface area contributed by atoms with Crippen LogP contribution in [0.3, 0.4) is 0 Å². The van der Waals surface area contributed by atoms with Crippen molar-refractivity contribution in [3.05, 3.63) is 58.0 Å². The Labute approximate surface area is 166 Å². The molecular weight excluding hydrogens is 375 g/mol. The lowest BCUT2D eigenvalue weighted by molar-refractivity contribution is 0.0500. The van der Waals surface area contributed by atoms with Gasteiger partial charge in [0.05, 0.1) is 5.69 Å². The third-order valence-electron chi connectivity index (χ3n) is 4.88. The Bertz CT molecular complexity index is 1140. The van der Waals surface area contributed by atoms with E-state index in [1.165, 1.54) is 16.7 Å². The Morgan fingerprint density at radius 3 is 2.83 bits per heavy atom. The van der Waals surface area contributed by atoms with Gasteiger partial charge in [-0.1, -0.05) is 12.1 Å². The number of aromatic amines is 1. The van der Waals surface area contributed by atoms with Crippen LogP contribution in [0.4, 0.5) is 9.18 Å². The first-order valence-corrected chi connectivity index (χ1v) is 9.59. The smallest absolute Gasteiger partial charge is 0.407 e. The quantitative estimate of drug-likeness (QED) is 0.694. The molecule has 1 atom stereocenters. The Balaban J connectivity index is 1.68. The van der Waals surface area contributed by atoms with E-state index in [9.17, 15) is 14.0 Å². The molecule has 7 nitrogen and oxygen atoms in total. The number of imidazole rings is 1. The maximum Gasteiger partial charge on any atom is 0.407 e. The molecular formula is C21H23FN4O3. The number of aryl methyl sites for hydroxylation is 1. The molecule has 0 fully saturated rings. The number of amides is 1. The Hall–Kier alpha value is -3.16. The van der Waals surface area contributed by atoms with Crippen LogP contribution in [-0.4, -0.2) is 32.1 Å². The summed E-state index contributed by atoms with van der Waals surface area (Å²) in [5, 5.41) is 2.89. The van der Waals surface area contributed by atoms with Crippen LogP contribution >= 0.6 is 0 Å². The fraction of sp³-hybridized carbons (Fsp3) is 0.381. The zero-order chi connectivity index (χ0) is 20.8. The van der Waals surface area contributed by atoms with Gasteiger partial charge in [-0.25, -0.2) is 19.0 Å². The molecule has 0 spiro atoms. The molecule has 0 bridgehead atoms. The number of carbonyl (C=O) groups is 1. The minimum atomic E-state index is -0.576. The van der Waals surface area contributed by atoms with Gasteiger partial charge in [0, 0.05) is 29.1 Å². The van der Waals surface area contributed by atoms with Crippen LogP contribution in [0.2, 0.25) is 0 Å². The maximum absolute atomic E-state index is 14.2. The van der Waals surface area contributed by atoms with Crippen molar-refractivity contribution in [2.45, 2.75) is 51.7 Å². The Morgan fingerprint density at radius 1 is 1.34 bits per heavy atom. The summed E-state index contributed by atoms with van der Waals surface area (Å²) < 4.78 is 20.9. The predicted octanol–water partition coefficient (Wildman–Crippen LogP) is 3.21. The van der Waals surface area contributed by atoms with E-state index in [0.29, 0.717) is 36.2 Å². The summed E-state index contributed by atoms with van der Waals surface area (Å²) in [7, 11) is 0. The second-order valence-electron chi connectivity index (χ2n) is 8.27. The van der Waals surface area contributed by atoms with Gasteiger partial charge < -0.3 is 15.0 Å². The number of hydrogen-bond donors (Lipinski definition) is 2.